The van der Waals surface area contributed by atoms with Crippen LogP contribution in [0.3, 0.4) is 0 Å². The van der Waals surface area contributed by atoms with Gasteiger partial charge in [0.1, 0.15) is 18.0 Å². The summed E-state index contributed by atoms with van der Waals surface area (Å²) >= 11 is 5.88. The largest absolute Gasteiger partial charge is 0.417 e. The van der Waals surface area contributed by atoms with Crippen molar-refractivity contribution in [3.05, 3.63) is 94.8 Å². The third kappa shape index (κ3) is 10.0. The number of rotatable bonds is 8. The van der Waals surface area contributed by atoms with Crippen LogP contribution in [0.15, 0.2) is 67.3 Å². The number of nitriles is 2. The molecule has 2 saturated heterocycles. The van der Waals surface area contributed by atoms with E-state index in [0.717, 1.165) is 56.7 Å². The number of anilines is 4. The van der Waals surface area contributed by atoms with Crippen molar-refractivity contribution in [3.8, 4) is 12.1 Å². The Balaban J connectivity index is 0.000000211. The van der Waals surface area contributed by atoms with Crippen LogP contribution in [0, 0.1) is 22.7 Å². The van der Waals surface area contributed by atoms with E-state index < -0.39 is 23.5 Å². The van der Waals surface area contributed by atoms with Crippen LogP contribution in [-0.4, -0.2) is 71.3 Å². The molecule has 0 bridgehead atoms. The van der Waals surface area contributed by atoms with Gasteiger partial charge in [-0.3, -0.25) is 0 Å². The van der Waals surface area contributed by atoms with Crippen LogP contribution in [0.4, 0.5) is 49.4 Å². The van der Waals surface area contributed by atoms with Gasteiger partial charge in [0, 0.05) is 75.1 Å². The highest BCUT2D eigenvalue weighted by Gasteiger charge is 2.36. The summed E-state index contributed by atoms with van der Waals surface area (Å²) in [7, 11) is 0. The van der Waals surface area contributed by atoms with Crippen LogP contribution < -0.4 is 19.6 Å². The number of nitrogens with zero attached hydrogens (tertiary/aromatic N) is 10. The lowest BCUT2D eigenvalue weighted by Crippen LogP contribution is -2.48. The number of piperidine rings is 2. The van der Waals surface area contributed by atoms with Gasteiger partial charge in [-0.05, 0) is 99.7 Å². The molecule has 6 rings (SSSR count). The Hall–Kier alpha value is -5.35. The predicted molar refractivity (Wildman–Crippen MR) is 198 cm³/mol. The maximum Gasteiger partial charge on any atom is 0.417 e. The second-order valence-corrected chi connectivity index (χ2v) is 13.3. The highest BCUT2D eigenvalue weighted by molar-refractivity contribution is 6.28. The molecular formula is C38H39ClF6N10. The molecule has 2 aliphatic heterocycles. The zero-order valence-corrected chi connectivity index (χ0v) is 31.0. The average Bonchev–Trinajstić information content (AvgIpc) is 3.18. The molecule has 0 unspecified atom stereocenters. The average molecular weight is 785 g/mol. The van der Waals surface area contributed by atoms with Crippen LogP contribution in [0.5, 0.6) is 0 Å². The van der Waals surface area contributed by atoms with E-state index in [4.69, 9.17) is 22.1 Å². The van der Waals surface area contributed by atoms with E-state index in [1.54, 1.807) is 42.7 Å². The van der Waals surface area contributed by atoms with Crippen molar-refractivity contribution in [1.82, 2.24) is 19.9 Å². The molecule has 290 valence electrons. The van der Waals surface area contributed by atoms with Gasteiger partial charge in [0.05, 0.1) is 34.4 Å². The Morgan fingerprint density at radius 1 is 0.727 bits per heavy atom. The number of alkyl halides is 6. The van der Waals surface area contributed by atoms with E-state index in [1.807, 2.05) is 29.7 Å². The molecule has 2 aromatic heterocycles. The molecule has 4 heterocycles. The lowest BCUT2D eigenvalue weighted by molar-refractivity contribution is -0.138. The zero-order valence-electron chi connectivity index (χ0n) is 30.2. The first kappa shape index (κ1) is 40.8. The van der Waals surface area contributed by atoms with Crippen molar-refractivity contribution in [3.63, 3.8) is 0 Å². The van der Waals surface area contributed by atoms with Crippen molar-refractivity contribution in [2.75, 3.05) is 58.9 Å². The highest BCUT2D eigenvalue weighted by atomic mass is 35.5. The standard InChI is InChI=1S/C19H19ClF3N5.C19H20F3N5/c1-2-28(14-6-5-13(11-24)16(10-14)19(21,22)23)15-4-3-9-27(12-15)17-7-8-25-18(20)26-17;1-2-27(15-6-5-14(11-23)17(10-15)19(20,21)22)16-4-3-9-26(12-16)18-7-8-24-13-25-18/h5-8,10,15H,2-4,9,12H2,1H3;5-8,10,13,16H,2-4,9,12H2,1H3/t15-;16-/m11/s1. The van der Waals surface area contributed by atoms with Gasteiger partial charge in [-0.1, -0.05) is 0 Å². The molecule has 0 saturated carbocycles. The van der Waals surface area contributed by atoms with E-state index in [1.165, 1.54) is 18.5 Å². The summed E-state index contributed by atoms with van der Waals surface area (Å²) in [6.07, 6.45) is -0.828. The van der Waals surface area contributed by atoms with Crippen LogP contribution >= 0.6 is 11.6 Å². The molecule has 2 aromatic carbocycles. The van der Waals surface area contributed by atoms with Crippen molar-refractivity contribution in [2.45, 2.75) is 64.0 Å². The summed E-state index contributed by atoms with van der Waals surface area (Å²) in [5, 5.41) is 18.2. The molecule has 2 aliphatic rings. The fourth-order valence-corrected chi connectivity index (χ4v) is 7.34. The number of halogens is 7. The molecule has 0 aliphatic carbocycles. The summed E-state index contributed by atoms with van der Waals surface area (Å²) in [6.45, 7) is 7.89. The summed E-state index contributed by atoms with van der Waals surface area (Å²) in [6, 6.07) is 14.8. The molecule has 55 heavy (non-hydrogen) atoms. The van der Waals surface area contributed by atoms with E-state index >= 15 is 0 Å². The fraction of sp³-hybridized carbons (Fsp3) is 0.421. The first-order chi connectivity index (χ1) is 26.3. The maximum absolute atomic E-state index is 13.3. The maximum atomic E-state index is 13.3. The normalized spacial score (nSPS) is 17.4. The summed E-state index contributed by atoms with van der Waals surface area (Å²) in [5.74, 6) is 1.53. The summed E-state index contributed by atoms with van der Waals surface area (Å²) in [5.41, 5.74) is -1.56. The van der Waals surface area contributed by atoms with Gasteiger partial charge in [-0.25, -0.2) is 19.9 Å². The third-order valence-corrected chi connectivity index (χ3v) is 9.89. The molecule has 2 atom stereocenters. The molecular weight excluding hydrogens is 746 g/mol. The Labute approximate surface area is 320 Å². The highest BCUT2D eigenvalue weighted by Crippen LogP contribution is 2.37. The van der Waals surface area contributed by atoms with E-state index in [9.17, 15) is 26.3 Å². The Bertz CT molecular complexity index is 1980. The van der Waals surface area contributed by atoms with Gasteiger partial charge in [-0.15, -0.1) is 0 Å². The van der Waals surface area contributed by atoms with E-state index in [-0.39, 0.29) is 28.5 Å². The summed E-state index contributed by atoms with van der Waals surface area (Å²) in [4.78, 5) is 24.4. The second-order valence-electron chi connectivity index (χ2n) is 13.0. The van der Waals surface area contributed by atoms with Crippen molar-refractivity contribution < 1.29 is 26.3 Å². The van der Waals surface area contributed by atoms with Crippen LogP contribution in [-0.2, 0) is 12.4 Å². The number of aromatic nitrogens is 4. The van der Waals surface area contributed by atoms with Gasteiger partial charge in [0.25, 0.3) is 0 Å². The van der Waals surface area contributed by atoms with Crippen LogP contribution in [0.25, 0.3) is 0 Å². The number of hydrogen-bond donors (Lipinski definition) is 0. The van der Waals surface area contributed by atoms with Gasteiger partial charge in [0.2, 0.25) is 5.28 Å². The van der Waals surface area contributed by atoms with E-state index in [2.05, 4.69) is 29.7 Å². The van der Waals surface area contributed by atoms with Gasteiger partial charge in [0.15, 0.2) is 0 Å². The smallest absolute Gasteiger partial charge is 0.367 e. The van der Waals surface area contributed by atoms with Crippen molar-refractivity contribution in [2.24, 2.45) is 0 Å². The molecule has 4 aromatic rings. The van der Waals surface area contributed by atoms with E-state index in [0.29, 0.717) is 43.4 Å². The quantitative estimate of drug-likeness (QED) is 0.128. The molecule has 0 amide bonds. The minimum atomic E-state index is -4.57. The molecule has 0 spiro atoms. The minimum Gasteiger partial charge on any atom is -0.367 e. The second kappa shape index (κ2) is 17.9. The SMILES string of the molecule is CCN(c1ccc(C#N)c(C(F)(F)F)c1)[C@@H]1CCCN(c2ccnc(Cl)n2)C1.CCN(c1ccc(C#N)c(C(F)(F)F)c1)[C@@H]1CCCN(c2ccncn2)C1. The molecule has 17 heteroatoms. The fourth-order valence-electron chi connectivity index (χ4n) is 7.20. The lowest BCUT2D eigenvalue weighted by atomic mass is 10.0. The Morgan fingerprint density at radius 2 is 1.22 bits per heavy atom. The molecule has 2 fully saturated rings. The topological polar surface area (TPSA) is 112 Å². The first-order valence-electron chi connectivity index (χ1n) is 17.8. The van der Waals surface area contributed by atoms with Crippen LogP contribution in [0.2, 0.25) is 5.28 Å². The molecule has 0 N–H and O–H groups in total. The zero-order chi connectivity index (χ0) is 39.8. The molecule has 0 radical (unpaired) electrons. The van der Waals surface area contributed by atoms with Crippen molar-refractivity contribution in [1.29, 1.82) is 10.5 Å². The minimum absolute atomic E-state index is 0.0153. The number of likely N-dealkylation sites (N-methyl/N-ethyl adjacent to an activating group) is 2. The van der Waals surface area contributed by atoms with Gasteiger partial charge >= 0.3 is 12.4 Å². The van der Waals surface area contributed by atoms with Gasteiger partial charge < -0.3 is 19.6 Å². The van der Waals surface area contributed by atoms with Gasteiger partial charge in [-0.2, -0.15) is 36.9 Å². The third-order valence-electron chi connectivity index (χ3n) is 9.70. The Kier molecular flexibility index (Phi) is 13.3. The molecule has 10 nitrogen and oxygen atoms in total. The number of hydrogen-bond acceptors (Lipinski definition) is 10. The predicted octanol–water partition coefficient (Wildman–Crippen LogP) is 8.38. The van der Waals surface area contributed by atoms with Crippen LogP contribution in [0.1, 0.15) is 61.8 Å². The summed E-state index contributed by atoms with van der Waals surface area (Å²) < 4.78 is 80.0. The monoisotopic (exact) mass is 784 g/mol. The Morgan fingerprint density at radius 3 is 1.64 bits per heavy atom. The number of benzene rings is 2. The lowest BCUT2D eigenvalue weighted by Gasteiger charge is -2.40. The van der Waals surface area contributed by atoms with Crippen molar-refractivity contribution >= 4 is 34.6 Å². The first-order valence-corrected chi connectivity index (χ1v) is 18.2.